The molecule has 1 aliphatic heterocycles. The lowest BCUT2D eigenvalue weighted by Crippen LogP contribution is -2.45. The minimum absolute atomic E-state index is 0.0188. The first-order valence-electron chi connectivity index (χ1n) is 7.57. The maximum Gasteiger partial charge on any atom is 0.123 e. The summed E-state index contributed by atoms with van der Waals surface area (Å²) in [5.74, 6) is -0.256. The van der Waals surface area contributed by atoms with E-state index in [1.807, 2.05) is 31.2 Å². The van der Waals surface area contributed by atoms with Gasteiger partial charge in [-0.3, -0.25) is 4.90 Å². The van der Waals surface area contributed by atoms with E-state index in [0.29, 0.717) is 0 Å². The van der Waals surface area contributed by atoms with Crippen LogP contribution in [0.25, 0.3) is 5.57 Å². The molecule has 1 aliphatic rings. The Labute approximate surface area is 130 Å². The Kier molecular flexibility index (Phi) is 4.36. The lowest BCUT2D eigenvalue weighted by molar-refractivity contribution is 0.0892. The minimum atomic E-state index is -0.567. The average molecular weight is 297 g/mol. The molecule has 0 aromatic heterocycles. The van der Waals surface area contributed by atoms with Gasteiger partial charge in [-0.2, -0.15) is 0 Å². The van der Waals surface area contributed by atoms with E-state index >= 15 is 0 Å². The predicted octanol–water partition coefficient (Wildman–Crippen LogP) is 3.47. The summed E-state index contributed by atoms with van der Waals surface area (Å²) in [5.41, 5.74) is 3.01. The van der Waals surface area contributed by atoms with E-state index in [9.17, 15) is 9.50 Å². The van der Waals surface area contributed by atoms with E-state index in [1.165, 1.54) is 17.7 Å². The zero-order valence-electron chi connectivity index (χ0n) is 12.6. The van der Waals surface area contributed by atoms with Crippen LogP contribution in [0.2, 0.25) is 0 Å². The van der Waals surface area contributed by atoms with Crippen LogP contribution in [-0.4, -0.2) is 28.7 Å². The van der Waals surface area contributed by atoms with E-state index < -0.39 is 6.10 Å². The van der Waals surface area contributed by atoms with Crippen molar-refractivity contribution in [2.75, 3.05) is 6.54 Å². The molecule has 114 valence electrons. The van der Waals surface area contributed by atoms with Crippen molar-refractivity contribution in [1.82, 2.24) is 4.90 Å². The van der Waals surface area contributed by atoms with Gasteiger partial charge in [-0.05, 0) is 35.8 Å². The second-order valence-electron chi connectivity index (χ2n) is 5.77. The van der Waals surface area contributed by atoms with Crippen LogP contribution in [0, 0.1) is 5.82 Å². The van der Waals surface area contributed by atoms with Gasteiger partial charge < -0.3 is 5.11 Å². The molecule has 2 unspecified atom stereocenters. The summed E-state index contributed by atoms with van der Waals surface area (Å²) in [6.45, 7) is 3.62. The summed E-state index contributed by atoms with van der Waals surface area (Å²) in [7, 11) is 0. The monoisotopic (exact) mass is 297 g/mol. The van der Waals surface area contributed by atoms with Crippen LogP contribution >= 0.6 is 0 Å². The number of aliphatic hydroxyl groups excluding tert-OH is 1. The molecule has 2 atom stereocenters. The average Bonchev–Trinajstić information content (AvgIpc) is 2.54. The third-order valence-corrected chi connectivity index (χ3v) is 4.30. The molecule has 2 nitrogen and oxygen atoms in total. The van der Waals surface area contributed by atoms with Crippen LogP contribution in [0.4, 0.5) is 4.39 Å². The van der Waals surface area contributed by atoms with Crippen molar-refractivity contribution in [3.8, 4) is 0 Å². The van der Waals surface area contributed by atoms with Crippen molar-refractivity contribution in [3.63, 3.8) is 0 Å². The highest BCUT2D eigenvalue weighted by molar-refractivity contribution is 5.70. The summed E-state index contributed by atoms with van der Waals surface area (Å²) in [5, 5.41) is 10.6. The zero-order valence-corrected chi connectivity index (χ0v) is 12.6. The summed E-state index contributed by atoms with van der Waals surface area (Å²) < 4.78 is 13.0. The number of hydrogen-bond acceptors (Lipinski definition) is 2. The van der Waals surface area contributed by atoms with E-state index in [-0.39, 0.29) is 11.9 Å². The molecule has 3 heteroatoms. The first-order valence-corrected chi connectivity index (χ1v) is 7.57. The van der Waals surface area contributed by atoms with Crippen LogP contribution < -0.4 is 0 Å². The highest BCUT2D eigenvalue weighted by Gasteiger charge is 2.29. The first-order chi connectivity index (χ1) is 10.6. The van der Waals surface area contributed by atoms with Gasteiger partial charge in [0.05, 0.1) is 6.10 Å². The molecule has 22 heavy (non-hydrogen) atoms. The smallest absolute Gasteiger partial charge is 0.123 e. The summed E-state index contributed by atoms with van der Waals surface area (Å²) >= 11 is 0. The lowest BCUT2D eigenvalue weighted by Gasteiger charge is -2.37. The summed E-state index contributed by atoms with van der Waals surface area (Å²) in [6.07, 6.45) is 1.48. The number of aliphatic hydroxyl groups is 1. The molecule has 2 aromatic carbocycles. The fourth-order valence-electron chi connectivity index (χ4n) is 2.92. The Hall–Kier alpha value is -1.97. The van der Waals surface area contributed by atoms with Crippen molar-refractivity contribution in [2.24, 2.45) is 0 Å². The van der Waals surface area contributed by atoms with Gasteiger partial charge in [0.2, 0.25) is 0 Å². The van der Waals surface area contributed by atoms with Crippen molar-refractivity contribution in [1.29, 1.82) is 0 Å². The highest BCUT2D eigenvalue weighted by atomic mass is 19.1. The van der Waals surface area contributed by atoms with E-state index in [1.54, 1.807) is 12.1 Å². The van der Waals surface area contributed by atoms with Gasteiger partial charge in [-0.15, -0.1) is 0 Å². The summed E-state index contributed by atoms with van der Waals surface area (Å²) in [4.78, 5) is 2.24. The van der Waals surface area contributed by atoms with E-state index in [2.05, 4.69) is 17.0 Å². The molecule has 0 bridgehead atoms. The van der Waals surface area contributed by atoms with Crippen LogP contribution in [0.1, 0.15) is 18.1 Å². The fourth-order valence-corrected chi connectivity index (χ4v) is 2.92. The van der Waals surface area contributed by atoms with E-state index in [0.717, 1.165) is 24.2 Å². The number of nitrogens with zero attached hydrogens (tertiary/aromatic N) is 1. The molecule has 0 aliphatic carbocycles. The highest BCUT2D eigenvalue weighted by Crippen LogP contribution is 2.28. The van der Waals surface area contributed by atoms with Crippen molar-refractivity contribution in [2.45, 2.75) is 25.6 Å². The van der Waals surface area contributed by atoms with Gasteiger partial charge in [0.1, 0.15) is 5.82 Å². The maximum atomic E-state index is 13.0. The zero-order chi connectivity index (χ0) is 15.5. The topological polar surface area (TPSA) is 23.5 Å². The van der Waals surface area contributed by atoms with Gasteiger partial charge in [-0.25, -0.2) is 4.39 Å². The molecule has 0 saturated carbocycles. The van der Waals surface area contributed by atoms with Gasteiger partial charge in [0, 0.05) is 19.1 Å². The predicted molar refractivity (Wildman–Crippen MR) is 86.7 cm³/mol. The maximum absolute atomic E-state index is 13.0. The number of benzene rings is 2. The van der Waals surface area contributed by atoms with E-state index in [4.69, 9.17) is 0 Å². The van der Waals surface area contributed by atoms with Crippen molar-refractivity contribution in [3.05, 3.63) is 77.6 Å². The quantitative estimate of drug-likeness (QED) is 0.937. The summed E-state index contributed by atoms with van der Waals surface area (Å²) in [6, 6.07) is 16.6. The lowest BCUT2D eigenvalue weighted by atomic mass is 9.91. The molecule has 0 radical (unpaired) electrons. The fraction of sp³-hybridized carbons (Fsp3) is 0.263. The Morgan fingerprint density at radius 3 is 2.45 bits per heavy atom. The molecule has 3 rings (SSSR count). The number of halogens is 1. The van der Waals surface area contributed by atoms with Crippen molar-refractivity contribution < 1.29 is 9.50 Å². The molecule has 2 aromatic rings. The number of hydrogen-bond donors (Lipinski definition) is 1. The second-order valence-corrected chi connectivity index (χ2v) is 5.77. The first kappa shape index (κ1) is 14.9. The largest absolute Gasteiger partial charge is 0.387 e. The Morgan fingerprint density at radius 1 is 1.09 bits per heavy atom. The molecule has 0 amide bonds. The third kappa shape index (κ3) is 3.11. The third-order valence-electron chi connectivity index (χ3n) is 4.30. The van der Waals surface area contributed by atoms with Gasteiger partial charge in [-0.1, -0.05) is 48.5 Å². The van der Waals surface area contributed by atoms with Crippen LogP contribution in [0.5, 0.6) is 0 Å². The standard InChI is InChI=1S/C19H20FNO/c1-14-19(22)18(16-7-9-17(20)10-8-16)11-12-21(14)13-15-5-3-2-4-6-15/h2-11,14,19,22H,12-13H2,1H3. The normalized spacial score (nSPS) is 22.4. The Balaban J connectivity index is 1.78. The Morgan fingerprint density at radius 2 is 1.77 bits per heavy atom. The molecular weight excluding hydrogens is 277 g/mol. The Bertz CT molecular complexity index is 651. The van der Waals surface area contributed by atoms with Crippen LogP contribution in [-0.2, 0) is 6.54 Å². The minimum Gasteiger partial charge on any atom is -0.387 e. The van der Waals surface area contributed by atoms with Crippen LogP contribution in [0.15, 0.2) is 60.7 Å². The van der Waals surface area contributed by atoms with Crippen LogP contribution in [0.3, 0.4) is 0 Å². The van der Waals surface area contributed by atoms with Gasteiger partial charge in [0.15, 0.2) is 0 Å². The number of rotatable bonds is 3. The SMILES string of the molecule is CC1C(O)C(c2ccc(F)cc2)=CCN1Cc1ccccc1. The molecule has 0 saturated heterocycles. The molecule has 1 N–H and O–H groups in total. The molecular formula is C19H20FNO. The van der Waals surface area contributed by atoms with Gasteiger partial charge in [0.25, 0.3) is 0 Å². The molecule has 0 spiro atoms. The molecule has 0 fully saturated rings. The molecule has 1 heterocycles. The van der Waals surface area contributed by atoms with Gasteiger partial charge >= 0.3 is 0 Å². The second kappa shape index (κ2) is 6.42. The van der Waals surface area contributed by atoms with Crippen molar-refractivity contribution >= 4 is 5.57 Å².